The van der Waals surface area contributed by atoms with Crippen molar-refractivity contribution >= 4 is 23.3 Å². The first-order chi connectivity index (χ1) is 10.0. The van der Waals surface area contributed by atoms with Gasteiger partial charge in [0.05, 0.1) is 31.0 Å². The maximum absolute atomic E-state index is 10.8. The number of hydrogen-bond donors (Lipinski definition) is 2. The van der Waals surface area contributed by atoms with Crippen LogP contribution in [-0.2, 0) is 9.53 Å². The zero-order valence-electron chi connectivity index (χ0n) is 11.9. The lowest BCUT2D eigenvalue weighted by Crippen LogP contribution is -2.24. The number of anilines is 1. The lowest BCUT2D eigenvalue weighted by atomic mass is 10.2. The minimum atomic E-state index is -0.914. The summed E-state index contributed by atoms with van der Waals surface area (Å²) in [5.74, 6) is 0.216. The lowest BCUT2D eigenvalue weighted by molar-refractivity contribution is -0.149. The van der Waals surface area contributed by atoms with E-state index in [1.807, 2.05) is 0 Å². The predicted molar refractivity (Wildman–Crippen MR) is 78.6 cm³/mol. The average molecular weight is 316 g/mol. The van der Waals surface area contributed by atoms with E-state index in [0.29, 0.717) is 41.6 Å². The summed E-state index contributed by atoms with van der Waals surface area (Å²) in [6, 6.07) is 3.41. The second kappa shape index (κ2) is 6.87. The number of carbonyl (C=O) groups is 1. The molecule has 1 aliphatic rings. The van der Waals surface area contributed by atoms with Crippen LogP contribution in [0.4, 0.5) is 5.69 Å². The molecular weight excluding hydrogens is 298 g/mol. The average Bonchev–Trinajstić information content (AvgIpc) is 2.94. The number of benzene rings is 1. The summed E-state index contributed by atoms with van der Waals surface area (Å²) in [6.45, 7) is 0.489. The van der Waals surface area contributed by atoms with Crippen molar-refractivity contribution in [2.24, 2.45) is 0 Å². The summed E-state index contributed by atoms with van der Waals surface area (Å²) in [5, 5.41) is 12.5. The molecule has 21 heavy (non-hydrogen) atoms. The molecule has 1 saturated heterocycles. The van der Waals surface area contributed by atoms with E-state index in [9.17, 15) is 4.79 Å². The van der Waals surface area contributed by atoms with Crippen molar-refractivity contribution in [1.82, 2.24) is 0 Å². The molecule has 1 aromatic carbocycles. The molecule has 2 atom stereocenters. The van der Waals surface area contributed by atoms with Crippen LogP contribution in [0.25, 0.3) is 0 Å². The van der Waals surface area contributed by atoms with Gasteiger partial charge >= 0.3 is 5.97 Å². The third kappa shape index (κ3) is 3.71. The van der Waals surface area contributed by atoms with Gasteiger partial charge in [-0.3, -0.25) is 0 Å². The first-order valence-corrected chi connectivity index (χ1v) is 6.96. The summed E-state index contributed by atoms with van der Waals surface area (Å²) < 4.78 is 15.8. The summed E-state index contributed by atoms with van der Waals surface area (Å²) in [5.41, 5.74) is 0.714. The largest absolute Gasteiger partial charge is 0.495 e. The van der Waals surface area contributed by atoms with Crippen molar-refractivity contribution < 1.29 is 24.1 Å². The van der Waals surface area contributed by atoms with Gasteiger partial charge in [0.25, 0.3) is 0 Å². The van der Waals surface area contributed by atoms with Crippen LogP contribution >= 0.6 is 11.6 Å². The fourth-order valence-corrected chi connectivity index (χ4v) is 2.50. The van der Waals surface area contributed by atoms with Crippen molar-refractivity contribution in [1.29, 1.82) is 0 Å². The predicted octanol–water partition coefficient (Wildman–Crippen LogP) is 2.40. The van der Waals surface area contributed by atoms with Crippen molar-refractivity contribution in [3.63, 3.8) is 0 Å². The highest BCUT2D eigenvalue weighted by Gasteiger charge is 2.30. The number of carboxylic acids is 1. The molecule has 0 saturated carbocycles. The van der Waals surface area contributed by atoms with Crippen LogP contribution in [0.1, 0.15) is 12.8 Å². The minimum absolute atomic E-state index is 0.142. The number of nitrogens with one attached hydrogen (secondary N) is 1. The van der Waals surface area contributed by atoms with Gasteiger partial charge in [-0.05, 0) is 18.9 Å². The molecule has 2 N–H and O–H groups in total. The molecule has 0 bridgehead atoms. The van der Waals surface area contributed by atoms with Gasteiger partial charge in [-0.15, -0.1) is 0 Å². The zero-order valence-corrected chi connectivity index (χ0v) is 12.6. The van der Waals surface area contributed by atoms with Gasteiger partial charge in [0.15, 0.2) is 6.10 Å². The van der Waals surface area contributed by atoms with Gasteiger partial charge in [0.1, 0.15) is 11.5 Å². The van der Waals surface area contributed by atoms with Gasteiger partial charge < -0.3 is 24.6 Å². The quantitative estimate of drug-likeness (QED) is 0.839. The van der Waals surface area contributed by atoms with Crippen LogP contribution in [-0.4, -0.2) is 44.0 Å². The number of rotatable bonds is 6. The Kier molecular flexibility index (Phi) is 5.14. The molecule has 1 heterocycles. The van der Waals surface area contributed by atoms with Crippen LogP contribution in [0.5, 0.6) is 11.5 Å². The Morgan fingerprint density at radius 2 is 2.10 bits per heavy atom. The van der Waals surface area contributed by atoms with Crippen LogP contribution in [0.3, 0.4) is 0 Å². The highest BCUT2D eigenvalue weighted by atomic mass is 35.5. The van der Waals surface area contributed by atoms with Gasteiger partial charge in [-0.25, -0.2) is 4.79 Å². The second-order valence-corrected chi connectivity index (χ2v) is 5.14. The molecule has 2 unspecified atom stereocenters. The van der Waals surface area contributed by atoms with Crippen LogP contribution in [0, 0.1) is 0 Å². The number of carboxylic acid groups (broad SMARTS) is 1. The molecule has 0 radical (unpaired) electrons. The Balaban J connectivity index is 2.00. The third-order valence-electron chi connectivity index (χ3n) is 3.38. The fourth-order valence-electron chi connectivity index (χ4n) is 2.26. The van der Waals surface area contributed by atoms with E-state index in [-0.39, 0.29) is 6.10 Å². The smallest absolute Gasteiger partial charge is 0.332 e. The number of ether oxygens (including phenoxy) is 3. The molecule has 1 fully saturated rings. The van der Waals surface area contributed by atoms with E-state index in [2.05, 4.69) is 5.32 Å². The maximum atomic E-state index is 10.8. The molecule has 6 nitrogen and oxygen atoms in total. The number of hydrogen-bond acceptors (Lipinski definition) is 5. The summed E-state index contributed by atoms with van der Waals surface area (Å²) in [4.78, 5) is 10.8. The topological polar surface area (TPSA) is 77.0 Å². The van der Waals surface area contributed by atoms with E-state index in [1.165, 1.54) is 7.11 Å². The van der Waals surface area contributed by atoms with E-state index >= 15 is 0 Å². The van der Waals surface area contributed by atoms with E-state index in [1.54, 1.807) is 19.2 Å². The molecule has 0 aliphatic carbocycles. The van der Waals surface area contributed by atoms with Gasteiger partial charge in [0.2, 0.25) is 0 Å². The maximum Gasteiger partial charge on any atom is 0.332 e. The minimum Gasteiger partial charge on any atom is -0.495 e. The molecule has 116 valence electrons. The molecule has 7 heteroatoms. The molecule has 0 amide bonds. The van der Waals surface area contributed by atoms with Gasteiger partial charge in [0, 0.05) is 12.6 Å². The Bertz CT molecular complexity index is 522. The zero-order chi connectivity index (χ0) is 15.4. The van der Waals surface area contributed by atoms with Gasteiger partial charge in [-0.2, -0.15) is 0 Å². The van der Waals surface area contributed by atoms with Crippen molar-refractivity contribution in [2.45, 2.75) is 25.0 Å². The third-order valence-corrected chi connectivity index (χ3v) is 3.67. The number of halogens is 1. The summed E-state index contributed by atoms with van der Waals surface area (Å²) in [7, 11) is 3.09. The lowest BCUT2D eigenvalue weighted by Gasteiger charge is -2.16. The Hall–Kier alpha value is -1.66. The SMILES string of the molecule is COc1cc(OC)c(NCC2CCC(C(=O)O)O2)cc1Cl. The fraction of sp³-hybridized carbons (Fsp3) is 0.500. The Labute approximate surface area is 127 Å². The second-order valence-electron chi connectivity index (χ2n) is 4.73. The van der Waals surface area contributed by atoms with Crippen molar-refractivity contribution in [3.8, 4) is 11.5 Å². The van der Waals surface area contributed by atoms with Crippen molar-refractivity contribution in [3.05, 3.63) is 17.2 Å². The van der Waals surface area contributed by atoms with E-state index in [4.69, 9.17) is 30.9 Å². The molecule has 1 aliphatic heterocycles. The molecule has 2 rings (SSSR count). The molecule has 1 aromatic rings. The standard InChI is InChI=1S/C14H18ClNO5/c1-19-12-6-13(20-2)10(5-9(12)15)16-7-8-3-4-11(21-8)14(17)18/h5-6,8,11,16H,3-4,7H2,1-2H3,(H,17,18). The van der Waals surface area contributed by atoms with Crippen LogP contribution in [0.2, 0.25) is 5.02 Å². The molecular formula is C14H18ClNO5. The highest BCUT2D eigenvalue weighted by Crippen LogP contribution is 2.36. The summed E-state index contributed by atoms with van der Waals surface area (Å²) >= 11 is 6.09. The Morgan fingerprint density at radius 3 is 2.67 bits per heavy atom. The Morgan fingerprint density at radius 1 is 1.38 bits per heavy atom. The normalized spacial score (nSPS) is 21.1. The monoisotopic (exact) mass is 315 g/mol. The van der Waals surface area contributed by atoms with Gasteiger partial charge in [-0.1, -0.05) is 11.6 Å². The molecule has 0 aromatic heterocycles. The van der Waals surface area contributed by atoms with E-state index in [0.717, 1.165) is 0 Å². The highest BCUT2D eigenvalue weighted by molar-refractivity contribution is 6.32. The molecule has 0 spiro atoms. The number of methoxy groups -OCH3 is 2. The van der Waals surface area contributed by atoms with Crippen LogP contribution < -0.4 is 14.8 Å². The first-order valence-electron chi connectivity index (χ1n) is 6.58. The van der Waals surface area contributed by atoms with E-state index < -0.39 is 12.1 Å². The first kappa shape index (κ1) is 15.7. The van der Waals surface area contributed by atoms with Crippen molar-refractivity contribution in [2.75, 3.05) is 26.1 Å². The number of aliphatic carboxylic acids is 1. The summed E-state index contributed by atoms with van der Waals surface area (Å²) in [6.07, 6.45) is 0.382. The van der Waals surface area contributed by atoms with Crippen LogP contribution in [0.15, 0.2) is 12.1 Å².